The lowest BCUT2D eigenvalue weighted by Gasteiger charge is -2.24. The van der Waals surface area contributed by atoms with E-state index in [9.17, 15) is 14.7 Å². The SMILES string of the molecule is CC12CCC(C1)C(C(=O)O)=C2C(=O)OCCS. The summed E-state index contributed by atoms with van der Waals surface area (Å²) in [6.07, 6.45) is 2.50. The van der Waals surface area contributed by atoms with Crippen molar-refractivity contribution in [1.29, 1.82) is 0 Å². The first-order valence-corrected chi connectivity index (χ1v) is 6.39. The highest BCUT2D eigenvalue weighted by atomic mass is 32.1. The number of carboxylic acids is 1. The highest BCUT2D eigenvalue weighted by molar-refractivity contribution is 7.80. The number of ether oxygens (including phenoxy) is 1. The van der Waals surface area contributed by atoms with Crippen molar-refractivity contribution in [3.8, 4) is 0 Å². The van der Waals surface area contributed by atoms with Gasteiger partial charge in [-0.15, -0.1) is 0 Å². The largest absolute Gasteiger partial charge is 0.478 e. The van der Waals surface area contributed by atoms with E-state index < -0.39 is 11.9 Å². The van der Waals surface area contributed by atoms with Gasteiger partial charge in [-0.1, -0.05) is 6.92 Å². The van der Waals surface area contributed by atoms with Gasteiger partial charge in [-0.2, -0.15) is 12.6 Å². The number of rotatable bonds is 4. The first kappa shape index (κ1) is 12.5. The van der Waals surface area contributed by atoms with Crippen LogP contribution >= 0.6 is 12.6 Å². The lowest BCUT2D eigenvalue weighted by atomic mass is 9.80. The van der Waals surface area contributed by atoms with Gasteiger partial charge in [0.05, 0.1) is 11.1 Å². The highest BCUT2D eigenvalue weighted by Gasteiger charge is 2.52. The van der Waals surface area contributed by atoms with Crippen LogP contribution in [-0.4, -0.2) is 29.4 Å². The molecule has 0 saturated heterocycles. The van der Waals surface area contributed by atoms with Gasteiger partial charge in [0, 0.05) is 11.2 Å². The fourth-order valence-electron chi connectivity index (χ4n) is 3.09. The molecule has 1 N–H and O–H groups in total. The van der Waals surface area contributed by atoms with E-state index in [4.69, 9.17) is 4.74 Å². The third kappa shape index (κ3) is 1.97. The molecule has 0 radical (unpaired) electrons. The first-order chi connectivity index (χ1) is 7.99. The Kier molecular flexibility index (Phi) is 3.21. The summed E-state index contributed by atoms with van der Waals surface area (Å²) in [6, 6.07) is 0. The topological polar surface area (TPSA) is 63.6 Å². The molecule has 2 rings (SSSR count). The Balaban J connectivity index is 2.33. The Morgan fingerprint density at radius 2 is 2.29 bits per heavy atom. The van der Waals surface area contributed by atoms with E-state index in [-0.39, 0.29) is 23.5 Å². The second-order valence-corrected chi connectivity index (χ2v) is 5.40. The van der Waals surface area contributed by atoms with Gasteiger partial charge >= 0.3 is 11.9 Å². The van der Waals surface area contributed by atoms with Crippen LogP contribution in [0.25, 0.3) is 0 Å². The predicted octanol–water partition coefficient (Wildman–Crippen LogP) is 1.66. The van der Waals surface area contributed by atoms with E-state index >= 15 is 0 Å². The molecule has 2 atom stereocenters. The number of thiol groups is 1. The second kappa shape index (κ2) is 4.37. The van der Waals surface area contributed by atoms with E-state index in [2.05, 4.69) is 12.6 Å². The van der Waals surface area contributed by atoms with Gasteiger partial charge in [0.25, 0.3) is 0 Å². The lowest BCUT2D eigenvalue weighted by Crippen LogP contribution is -2.25. The summed E-state index contributed by atoms with van der Waals surface area (Å²) in [5.74, 6) is -0.977. The maximum Gasteiger partial charge on any atom is 0.335 e. The minimum atomic E-state index is -0.976. The number of esters is 1. The Labute approximate surface area is 105 Å². The first-order valence-electron chi connectivity index (χ1n) is 5.75. The summed E-state index contributed by atoms with van der Waals surface area (Å²) >= 11 is 3.97. The van der Waals surface area contributed by atoms with Gasteiger partial charge in [-0.05, 0) is 25.2 Å². The van der Waals surface area contributed by atoms with Crippen molar-refractivity contribution in [2.75, 3.05) is 12.4 Å². The minimum Gasteiger partial charge on any atom is -0.478 e. The zero-order chi connectivity index (χ0) is 12.6. The zero-order valence-electron chi connectivity index (χ0n) is 9.73. The average Bonchev–Trinajstić information content (AvgIpc) is 2.78. The number of carboxylic acid groups (broad SMARTS) is 1. The smallest absolute Gasteiger partial charge is 0.335 e. The van der Waals surface area contributed by atoms with Gasteiger partial charge in [-0.25, -0.2) is 9.59 Å². The molecule has 0 heterocycles. The molecule has 17 heavy (non-hydrogen) atoms. The molecule has 2 aliphatic rings. The van der Waals surface area contributed by atoms with Gasteiger partial charge in [0.2, 0.25) is 0 Å². The monoisotopic (exact) mass is 256 g/mol. The quantitative estimate of drug-likeness (QED) is 0.593. The van der Waals surface area contributed by atoms with E-state index in [1.807, 2.05) is 6.92 Å². The third-order valence-corrected chi connectivity index (χ3v) is 3.96. The molecule has 2 unspecified atom stereocenters. The van der Waals surface area contributed by atoms with Crippen molar-refractivity contribution < 1.29 is 19.4 Å². The molecule has 5 heteroatoms. The van der Waals surface area contributed by atoms with E-state index in [0.717, 1.165) is 19.3 Å². The fraction of sp³-hybridized carbons (Fsp3) is 0.667. The standard InChI is InChI=1S/C12H16O4S/c1-12-3-2-7(6-12)8(10(13)14)9(12)11(15)16-4-5-17/h7,17H,2-6H2,1H3,(H,13,14). The summed E-state index contributed by atoms with van der Waals surface area (Å²) in [4.78, 5) is 23.2. The van der Waals surface area contributed by atoms with Crippen LogP contribution < -0.4 is 0 Å². The normalized spacial score (nSPS) is 30.8. The van der Waals surface area contributed by atoms with Gasteiger partial charge in [0.1, 0.15) is 6.61 Å². The maximum atomic E-state index is 11.9. The van der Waals surface area contributed by atoms with Crippen molar-refractivity contribution >= 4 is 24.6 Å². The molecule has 2 bridgehead atoms. The number of hydrogen-bond donors (Lipinski definition) is 2. The third-order valence-electron chi connectivity index (χ3n) is 3.78. The summed E-state index contributed by atoms with van der Waals surface area (Å²) in [6.45, 7) is 2.18. The van der Waals surface area contributed by atoms with Gasteiger partial charge in [-0.3, -0.25) is 0 Å². The molecular weight excluding hydrogens is 240 g/mol. The van der Waals surface area contributed by atoms with E-state index in [0.29, 0.717) is 11.3 Å². The highest BCUT2D eigenvalue weighted by Crippen LogP contribution is 2.57. The molecule has 0 aromatic heterocycles. The molecule has 0 amide bonds. The fourth-order valence-corrected chi connectivity index (χ4v) is 3.18. The van der Waals surface area contributed by atoms with Gasteiger partial charge < -0.3 is 9.84 Å². The van der Waals surface area contributed by atoms with Crippen molar-refractivity contribution in [1.82, 2.24) is 0 Å². The number of hydrogen-bond acceptors (Lipinski definition) is 4. The minimum absolute atomic E-state index is 0.0241. The van der Waals surface area contributed by atoms with Crippen molar-refractivity contribution in [3.63, 3.8) is 0 Å². The molecule has 1 saturated carbocycles. The molecule has 94 valence electrons. The predicted molar refractivity (Wildman–Crippen MR) is 64.9 cm³/mol. The molecule has 2 aliphatic carbocycles. The number of aliphatic carboxylic acids is 1. The summed E-state index contributed by atoms with van der Waals surface area (Å²) < 4.78 is 5.04. The number of fused-ring (bicyclic) bond motifs is 2. The van der Waals surface area contributed by atoms with E-state index in [1.54, 1.807) is 0 Å². The summed E-state index contributed by atoms with van der Waals surface area (Å²) in [7, 11) is 0. The van der Waals surface area contributed by atoms with Crippen LogP contribution in [0.2, 0.25) is 0 Å². The Hall–Kier alpha value is -0.970. The molecule has 4 nitrogen and oxygen atoms in total. The Morgan fingerprint density at radius 1 is 1.59 bits per heavy atom. The van der Waals surface area contributed by atoms with Crippen molar-refractivity contribution in [2.45, 2.75) is 26.2 Å². The van der Waals surface area contributed by atoms with Crippen molar-refractivity contribution in [3.05, 3.63) is 11.1 Å². The van der Waals surface area contributed by atoms with Gasteiger partial charge in [0.15, 0.2) is 0 Å². The van der Waals surface area contributed by atoms with Crippen LogP contribution in [0.5, 0.6) is 0 Å². The lowest BCUT2D eigenvalue weighted by molar-refractivity contribution is -0.141. The van der Waals surface area contributed by atoms with Crippen LogP contribution in [0, 0.1) is 11.3 Å². The molecule has 0 spiro atoms. The van der Waals surface area contributed by atoms with Crippen LogP contribution in [0.15, 0.2) is 11.1 Å². The number of carbonyl (C=O) groups is 2. The second-order valence-electron chi connectivity index (χ2n) is 4.95. The van der Waals surface area contributed by atoms with E-state index in [1.165, 1.54) is 0 Å². The molecular formula is C12H16O4S. The van der Waals surface area contributed by atoms with Crippen LogP contribution in [0.1, 0.15) is 26.2 Å². The summed E-state index contributed by atoms with van der Waals surface area (Å²) in [5, 5.41) is 9.21. The molecule has 0 aliphatic heterocycles. The van der Waals surface area contributed by atoms with Crippen LogP contribution in [-0.2, 0) is 14.3 Å². The molecule has 0 aromatic carbocycles. The average molecular weight is 256 g/mol. The molecule has 1 fully saturated rings. The van der Waals surface area contributed by atoms with Crippen LogP contribution in [0.4, 0.5) is 0 Å². The number of carbonyl (C=O) groups excluding carboxylic acids is 1. The Morgan fingerprint density at radius 3 is 2.88 bits per heavy atom. The van der Waals surface area contributed by atoms with Crippen molar-refractivity contribution in [2.24, 2.45) is 11.3 Å². The maximum absolute atomic E-state index is 11.9. The zero-order valence-corrected chi connectivity index (χ0v) is 10.6. The Bertz CT molecular complexity index is 401. The molecule has 0 aromatic rings. The van der Waals surface area contributed by atoms with Crippen LogP contribution in [0.3, 0.4) is 0 Å². The summed E-state index contributed by atoms with van der Waals surface area (Å²) in [5.41, 5.74) is 0.373.